The van der Waals surface area contributed by atoms with E-state index in [4.69, 9.17) is 16.2 Å². The Hall–Kier alpha value is -3.93. The van der Waals surface area contributed by atoms with Crippen molar-refractivity contribution in [3.63, 3.8) is 0 Å². The first kappa shape index (κ1) is 21.9. The summed E-state index contributed by atoms with van der Waals surface area (Å²) in [7, 11) is 0. The molecule has 11 nitrogen and oxygen atoms in total. The van der Waals surface area contributed by atoms with Crippen molar-refractivity contribution < 1.29 is 19.7 Å². The number of nitrogens with one attached hydrogen (secondary N) is 2. The van der Waals surface area contributed by atoms with Crippen LogP contribution in [0.1, 0.15) is 17.5 Å². The molecule has 11 heteroatoms. The average molecular weight is 464 g/mol. The Kier molecular flexibility index (Phi) is 5.44. The number of nitrogens with zero attached hydrogens (tertiary/aromatic N) is 2. The number of aromatic nitrogens is 2. The average Bonchev–Trinajstić information content (AvgIpc) is 3.36. The van der Waals surface area contributed by atoms with E-state index in [1.54, 1.807) is 6.07 Å². The minimum Gasteiger partial charge on any atom is -0.394 e. The van der Waals surface area contributed by atoms with Gasteiger partial charge in [0.15, 0.2) is 5.82 Å². The number of carbonyl (C=O) groups is 1. The van der Waals surface area contributed by atoms with Gasteiger partial charge in [0.1, 0.15) is 18.0 Å². The summed E-state index contributed by atoms with van der Waals surface area (Å²) in [5, 5.41) is 22.5. The number of carbonyl (C=O) groups excluding carboxylic acids is 1. The molecule has 3 atom stereocenters. The van der Waals surface area contributed by atoms with E-state index >= 15 is 0 Å². The highest BCUT2D eigenvalue weighted by atomic mass is 16.5. The number of aliphatic hydroxyl groups is 2. The van der Waals surface area contributed by atoms with Crippen LogP contribution in [0.4, 0.5) is 27.9 Å². The number of benzene rings is 2. The molecular formula is C23H24N6O5. The highest BCUT2D eigenvalue weighted by Gasteiger charge is 2.41. The summed E-state index contributed by atoms with van der Waals surface area (Å²) in [6.45, 7) is -0.446. The highest BCUT2D eigenvalue weighted by molar-refractivity contribution is 6.03. The van der Waals surface area contributed by atoms with Crippen molar-refractivity contribution in [3.05, 3.63) is 63.9 Å². The van der Waals surface area contributed by atoms with Crippen molar-refractivity contribution in [3.8, 4) is 11.1 Å². The van der Waals surface area contributed by atoms with Crippen LogP contribution in [0.5, 0.6) is 0 Å². The SMILES string of the molecule is Nc1nc(N(C(=O)Nc2ccc3c(c2)Cc2ccccc2-3)C2CC(O)C(CO)O2)c(N)c(=O)[nH]1. The molecule has 1 aliphatic heterocycles. The lowest BCUT2D eigenvalue weighted by Crippen LogP contribution is -2.45. The number of nitrogen functional groups attached to an aromatic ring is 2. The molecule has 34 heavy (non-hydrogen) atoms. The molecule has 3 unspecified atom stereocenters. The van der Waals surface area contributed by atoms with Crippen molar-refractivity contribution in [2.45, 2.75) is 31.3 Å². The Labute approximate surface area is 194 Å². The number of amides is 2. The number of ether oxygens (including phenoxy) is 1. The van der Waals surface area contributed by atoms with Crippen LogP contribution in [0, 0.1) is 0 Å². The first-order valence-electron chi connectivity index (χ1n) is 10.8. The molecule has 1 fully saturated rings. The summed E-state index contributed by atoms with van der Waals surface area (Å²) in [6.07, 6.45) is -2.24. The highest BCUT2D eigenvalue weighted by Crippen LogP contribution is 2.38. The summed E-state index contributed by atoms with van der Waals surface area (Å²) in [5.41, 5.74) is 15.6. The third kappa shape index (κ3) is 3.75. The zero-order valence-corrected chi connectivity index (χ0v) is 18.1. The maximum atomic E-state index is 13.4. The van der Waals surface area contributed by atoms with Crippen LogP contribution in [0.25, 0.3) is 11.1 Å². The van der Waals surface area contributed by atoms with Gasteiger partial charge < -0.3 is 31.7 Å². The minimum absolute atomic E-state index is 0.0219. The predicted molar refractivity (Wildman–Crippen MR) is 126 cm³/mol. The van der Waals surface area contributed by atoms with Gasteiger partial charge in [-0.05, 0) is 40.8 Å². The molecule has 0 bridgehead atoms. The second-order valence-corrected chi connectivity index (χ2v) is 8.31. The van der Waals surface area contributed by atoms with Gasteiger partial charge in [0.2, 0.25) is 5.95 Å². The zero-order chi connectivity index (χ0) is 24.0. The number of rotatable bonds is 4. The number of urea groups is 1. The molecule has 1 saturated heterocycles. The van der Waals surface area contributed by atoms with Crippen molar-refractivity contribution in [2.24, 2.45) is 0 Å². The van der Waals surface area contributed by atoms with E-state index in [0.29, 0.717) is 5.69 Å². The van der Waals surface area contributed by atoms with Crippen LogP contribution in [0.15, 0.2) is 47.3 Å². The van der Waals surface area contributed by atoms with E-state index in [1.165, 1.54) is 5.56 Å². The Morgan fingerprint density at radius 1 is 1.21 bits per heavy atom. The van der Waals surface area contributed by atoms with E-state index in [0.717, 1.165) is 28.0 Å². The summed E-state index contributed by atoms with van der Waals surface area (Å²) in [6, 6.07) is 13.0. The van der Waals surface area contributed by atoms with Gasteiger partial charge in [-0.25, -0.2) is 9.69 Å². The molecule has 5 rings (SSSR count). The number of aromatic amines is 1. The van der Waals surface area contributed by atoms with Gasteiger partial charge in [0.05, 0.1) is 12.7 Å². The molecule has 8 N–H and O–H groups in total. The first-order valence-corrected chi connectivity index (χ1v) is 10.8. The molecule has 176 valence electrons. The Balaban J connectivity index is 1.47. The molecule has 2 heterocycles. The summed E-state index contributed by atoms with van der Waals surface area (Å²) in [4.78, 5) is 33.0. The lowest BCUT2D eigenvalue weighted by Gasteiger charge is -2.28. The Morgan fingerprint density at radius 3 is 2.74 bits per heavy atom. The van der Waals surface area contributed by atoms with Crippen molar-refractivity contribution in [1.29, 1.82) is 0 Å². The van der Waals surface area contributed by atoms with Crippen LogP contribution < -0.4 is 27.2 Å². The van der Waals surface area contributed by atoms with E-state index in [2.05, 4.69) is 27.4 Å². The van der Waals surface area contributed by atoms with Crippen molar-refractivity contribution in [2.75, 3.05) is 28.3 Å². The molecule has 2 aliphatic rings. The number of fused-ring (bicyclic) bond motifs is 3. The molecule has 1 aliphatic carbocycles. The Bertz CT molecular complexity index is 1330. The van der Waals surface area contributed by atoms with Crippen molar-refractivity contribution >= 4 is 29.2 Å². The summed E-state index contributed by atoms with van der Waals surface area (Å²) < 4.78 is 5.67. The third-order valence-electron chi connectivity index (χ3n) is 6.12. The topological polar surface area (TPSA) is 180 Å². The quantitative estimate of drug-likeness (QED) is 0.259. The number of H-pyrrole nitrogens is 1. The molecule has 1 aromatic heterocycles. The molecule has 2 aromatic carbocycles. The summed E-state index contributed by atoms with van der Waals surface area (Å²) >= 11 is 0. The van der Waals surface area contributed by atoms with Gasteiger partial charge in [-0.3, -0.25) is 9.78 Å². The molecule has 0 spiro atoms. The largest absolute Gasteiger partial charge is 0.394 e. The van der Waals surface area contributed by atoms with Crippen molar-refractivity contribution in [1.82, 2.24) is 9.97 Å². The van der Waals surface area contributed by atoms with Crippen LogP contribution in [-0.2, 0) is 11.2 Å². The fourth-order valence-corrected chi connectivity index (χ4v) is 4.48. The number of hydrogen-bond donors (Lipinski definition) is 6. The normalized spacial score (nSPS) is 20.6. The zero-order valence-electron chi connectivity index (χ0n) is 18.1. The molecule has 0 radical (unpaired) electrons. The van der Waals surface area contributed by atoms with Crippen LogP contribution in [0.3, 0.4) is 0 Å². The molecule has 0 saturated carbocycles. The van der Waals surface area contributed by atoms with Crippen LogP contribution >= 0.6 is 0 Å². The number of nitrogens with two attached hydrogens (primary N) is 2. The van der Waals surface area contributed by atoms with E-state index in [-0.39, 0.29) is 23.9 Å². The van der Waals surface area contributed by atoms with E-state index in [9.17, 15) is 19.8 Å². The van der Waals surface area contributed by atoms with E-state index in [1.807, 2.05) is 24.3 Å². The maximum absolute atomic E-state index is 13.4. The predicted octanol–water partition coefficient (Wildman–Crippen LogP) is 1.01. The monoisotopic (exact) mass is 464 g/mol. The first-order chi connectivity index (χ1) is 16.4. The lowest BCUT2D eigenvalue weighted by molar-refractivity contribution is -0.0202. The number of aliphatic hydroxyl groups excluding tert-OH is 2. The van der Waals surface area contributed by atoms with Gasteiger partial charge in [0, 0.05) is 12.1 Å². The van der Waals surface area contributed by atoms with Gasteiger partial charge in [-0.2, -0.15) is 4.98 Å². The molecule has 3 aromatic rings. The second-order valence-electron chi connectivity index (χ2n) is 8.31. The Morgan fingerprint density at radius 2 is 1.97 bits per heavy atom. The fraction of sp³-hybridized carbons (Fsp3) is 0.261. The third-order valence-corrected chi connectivity index (χ3v) is 6.12. The number of hydrogen-bond acceptors (Lipinski definition) is 8. The smallest absolute Gasteiger partial charge is 0.329 e. The lowest BCUT2D eigenvalue weighted by atomic mass is 10.1. The standard InChI is InChI=1S/C23H24N6O5/c24-19-20(27-22(25)28-21(19)32)29(18-9-16(31)17(10-30)34-18)23(33)26-13-5-6-15-12(8-13)7-11-3-1-2-4-14(11)15/h1-6,8,16-18,30-31H,7,9-10,24H2,(H,26,33)(H3,25,27,28,32). The second kappa shape index (κ2) is 8.45. The van der Waals surface area contributed by atoms with E-state index < -0.39 is 36.6 Å². The summed E-state index contributed by atoms with van der Waals surface area (Å²) in [5.74, 6) is -0.442. The van der Waals surface area contributed by atoms with Gasteiger partial charge in [-0.15, -0.1) is 0 Å². The molecular weight excluding hydrogens is 440 g/mol. The maximum Gasteiger partial charge on any atom is 0.329 e. The van der Waals surface area contributed by atoms with Gasteiger partial charge in [-0.1, -0.05) is 30.3 Å². The van der Waals surface area contributed by atoms with Crippen LogP contribution in [-0.4, -0.2) is 51.3 Å². The van der Waals surface area contributed by atoms with Crippen LogP contribution in [0.2, 0.25) is 0 Å². The molecule has 2 amide bonds. The fourth-order valence-electron chi connectivity index (χ4n) is 4.48. The minimum atomic E-state index is -1.04. The number of anilines is 4. The van der Waals surface area contributed by atoms with Gasteiger partial charge >= 0.3 is 6.03 Å². The van der Waals surface area contributed by atoms with Gasteiger partial charge in [0.25, 0.3) is 5.56 Å².